The number of nitrogens with zero attached hydrogens (tertiary/aromatic N) is 3. The molecule has 0 radical (unpaired) electrons. The summed E-state index contributed by atoms with van der Waals surface area (Å²) in [6, 6.07) is 11.5. The number of phenols is 1. The molecular weight excluding hydrogens is 449 g/mol. The van der Waals surface area contributed by atoms with E-state index < -0.39 is 11.7 Å². The van der Waals surface area contributed by atoms with Crippen molar-refractivity contribution in [3.05, 3.63) is 54.1 Å². The minimum atomic E-state index is -4.39. The molecule has 2 aliphatic heterocycles. The second-order valence-electron chi connectivity index (χ2n) is 8.67. The van der Waals surface area contributed by atoms with E-state index >= 15 is 0 Å². The number of piperazine rings is 1. The number of hydrogen-bond acceptors (Lipinski definition) is 5. The van der Waals surface area contributed by atoms with Crippen LogP contribution >= 0.6 is 0 Å². The maximum absolute atomic E-state index is 13.0. The molecule has 0 saturated carbocycles. The molecule has 2 aliphatic rings. The Labute approximate surface area is 195 Å². The van der Waals surface area contributed by atoms with Crippen molar-refractivity contribution in [1.29, 1.82) is 0 Å². The largest absolute Gasteiger partial charge is 0.508 e. The zero-order chi connectivity index (χ0) is 24.3. The number of rotatable bonds is 5. The Hall–Kier alpha value is -3.27. The summed E-state index contributed by atoms with van der Waals surface area (Å²) in [5, 5.41) is 12.2. The highest BCUT2D eigenvalue weighted by Gasteiger charge is 2.32. The predicted molar refractivity (Wildman–Crippen MR) is 122 cm³/mol. The third-order valence-corrected chi connectivity index (χ3v) is 6.31. The molecule has 2 heterocycles. The minimum absolute atomic E-state index is 0.0386. The number of benzene rings is 2. The molecule has 10 heteroatoms. The van der Waals surface area contributed by atoms with Crippen LogP contribution in [-0.4, -0.2) is 72.5 Å². The van der Waals surface area contributed by atoms with E-state index in [-0.39, 0.29) is 30.0 Å². The molecular formula is C24H27F3N4O3. The van der Waals surface area contributed by atoms with Gasteiger partial charge in [0.25, 0.3) is 0 Å². The number of halogens is 3. The maximum atomic E-state index is 13.0. The van der Waals surface area contributed by atoms with Gasteiger partial charge >= 0.3 is 6.18 Å². The summed E-state index contributed by atoms with van der Waals surface area (Å²) in [5.41, 5.74) is 0.432. The lowest BCUT2D eigenvalue weighted by atomic mass is 10.1. The third kappa shape index (κ3) is 5.80. The molecule has 182 valence electrons. The minimum Gasteiger partial charge on any atom is -0.508 e. The van der Waals surface area contributed by atoms with Crippen LogP contribution in [0.25, 0.3) is 0 Å². The number of nitrogens with one attached hydrogen (secondary N) is 1. The summed E-state index contributed by atoms with van der Waals surface area (Å²) < 4.78 is 39.0. The van der Waals surface area contributed by atoms with Crippen molar-refractivity contribution in [2.45, 2.75) is 12.6 Å². The van der Waals surface area contributed by atoms with Crippen molar-refractivity contribution in [3.63, 3.8) is 0 Å². The Balaban J connectivity index is 1.24. The summed E-state index contributed by atoms with van der Waals surface area (Å²) in [6.07, 6.45) is -3.73. The fourth-order valence-corrected chi connectivity index (χ4v) is 4.36. The first-order valence-electron chi connectivity index (χ1n) is 11.2. The fraction of sp³-hybridized carbons (Fsp3) is 0.417. The van der Waals surface area contributed by atoms with E-state index in [9.17, 15) is 27.9 Å². The molecule has 1 atom stereocenters. The molecule has 2 N–H and O–H groups in total. The topological polar surface area (TPSA) is 76.1 Å². The molecule has 0 aromatic heterocycles. The molecule has 1 unspecified atom stereocenters. The van der Waals surface area contributed by atoms with Crippen LogP contribution < -0.4 is 10.2 Å². The molecule has 0 spiro atoms. The summed E-state index contributed by atoms with van der Waals surface area (Å²) in [4.78, 5) is 30.8. The van der Waals surface area contributed by atoms with E-state index in [1.165, 1.54) is 18.2 Å². The molecule has 4 rings (SSSR count). The van der Waals surface area contributed by atoms with Crippen LogP contribution in [0.1, 0.15) is 12.0 Å². The van der Waals surface area contributed by atoms with E-state index in [1.807, 2.05) is 9.80 Å². The van der Waals surface area contributed by atoms with Gasteiger partial charge in [0.05, 0.1) is 18.0 Å². The zero-order valence-corrected chi connectivity index (χ0v) is 18.6. The highest BCUT2D eigenvalue weighted by atomic mass is 19.4. The van der Waals surface area contributed by atoms with Crippen LogP contribution in [0.15, 0.2) is 48.5 Å². The molecule has 2 aromatic carbocycles. The first kappa shape index (κ1) is 23.9. The van der Waals surface area contributed by atoms with Crippen molar-refractivity contribution in [1.82, 2.24) is 9.80 Å². The monoisotopic (exact) mass is 476 g/mol. The van der Waals surface area contributed by atoms with Gasteiger partial charge in [-0.2, -0.15) is 13.2 Å². The molecule has 2 amide bonds. The number of phenolic OH excluding ortho intramolecular Hbond substituents is 1. The third-order valence-electron chi connectivity index (χ3n) is 6.31. The summed E-state index contributed by atoms with van der Waals surface area (Å²) >= 11 is 0. The zero-order valence-electron chi connectivity index (χ0n) is 18.6. The number of hydrogen-bond donors (Lipinski definition) is 2. The van der Waals surface area contributed by atoms with Gasteiger partial charge in [0.2, 0.25) is 11.8 Å². The van der Waals surface area contributed by atoms with Gasteiger partial charge in [0.15, 0.2) is 0 Å². The molecule has 34 heavy (non-hydrogen) atoms. The van der Waals surface area contributed by atoms with Gasteiger partial charge in [-0.15, -0.1) is 0 Å². The quantitative estimate of drug-likeness (QED) is 0.649. The number of amides is 2. The van der Waals surface area contributed by atoms with Crippen LogP contribution in [0.5, 0.6) is 5.75 Å². The van der Waals surface area contributed by atoms with E-state index in [1.54, 1.807) is 23.1 Å². The number of anilines is 2. The lowest BCUT2D eigenvalue weighted by Gasteiger charge is -2.37. The average Bonchev–Trinajstić information content (AvgIpc) is 3.29. The molecule has 2 saturated heterocycles. The Morgan fingerprint density at radius 2 is 1.71 bits per heavy atom. The number of carbonyl (C=O) groups is 2. The smallest absolute Gasteiger partial charge is 0.416 e. The van der Waals surface area contributed by atoms with E-state index in [4.69, 9.17) is 0 Å². The standard InChI is InChI=1S/C24H27F3N4O3/c25-24(26,27)18-2-1-3-20(14-18)30-10-12-31(13-11-30)22(33)16-29-9-8-17(15-29)23(34)28-19-4-6-21(32)7-5-19/h1-7,14,17,32H,8-13,15-16H2,(H,28,34). The summed E-state index contributed by atoms with van der Waals surface area (Å²) in [5.74, 6) is -0.253. The molecule has 2 aromatic rings. The van der Waals surface area contributed by atoms with Gasteiger partial charge in [0, 0.05) is 44.1 Å². The summed E-state index contributed by atoms with van der Waals surface area (Å²) in [6.45, 7) is 3.15. The Morgan fingerprint density at radius 1 is 1.00 bits per heavy atom. The SMILES string of the molecule is O=C(Nc1ccc(O)cc1)C1CCN(CC(=O)N2CCN(c3cccc(C(F)(F)F)c3)CC2)C1. The molecule has 7 nitrogen and oxygen atoms in total. The number of carbonyl (C=O) groups excluding carboxylic acids is 2. The fourth-order valence-electron chi connectivity index (χ4n) is 4.36. The van der Waals surface area contributed by atoms with Crippen molar-refractivity contribution in [3.8, 4) is 5.75 Å². The average molecular weight is 476 g/mol. The van der Waals surface area contributed by atoms with Gasteiger partial charge in [-0.3, -0.25) is 14.5 Å². The van der Waals surface area contributed by atoms with E-state index in [0.29, 0.717) is 57.1 Å². The van der Waals surface area contributed by atoms with Crippen molar-refractivity contribution >= 4 is 23.2 Å². The second-order valence-corrected chi connectivity index (χ2v) is 8.67. The molecule has 2 fully saturated rings. The van der Waals surface area contributed by atoms with Crippen LogP contribution in [0, 0.1) is 5.92 Å². The highest BCUT2D eigenvalue weighted by Crippen LogP contribution is 2.32. The normalized spacial score (nSPS) is 19.3. The molecule has 0 bridgehead atoms. The van der Waals surface area contributed by atoms with Gasteiger partial charge < -0.3 is 20.2 Å². The van der Waals surface area contributed by atoms with E-state index in [0.717, 1.165) is 12.1 Å². The van der Waals surface area contributed by atoms with Gasteiger partial charge in [-0.1, -0.05) is 6.07 Å². The van der Waals surface area contributed by atoms with Crippen LogP contribution in [0.3, 0.4) is 0 Å². The Kier molecular flexibility index (Phi) is 6.97. The van der Waals surface area contributed by atoms with Crippen molar-refractivity contribution < 1.29 is 27.9 Å². The summed E-state index contributed by atoms with van der Waals surface area (Å²) in [7, 11) is 0. The van der Waals surface area contributed by atoms with E-state index in [2.05, 4.69) is 5.32 Å². The Morgan fingerprint density at radius 3 is 2.38 bits per heavy atom. The molecule has 0 aliphatic carbocycles. The predicted octanol–water partition coefficient (Wildman–Crippen LogP) is 3.02. The Bertz CT molecular complexity index is 1020. The number of likely N-dealkylation sites (tertiary alicyclic amines) is 1. The first-order valence-corrected chi connectivity index (χ1v) is 11.2. The number of aromatic hydroxyl groups is 1. The van der Waals surface area contributed by atoms with Gasteiger partial charge in [0.1, 0.15) is 5.75 Å². The maximum Gasteiger partial charge on any atom is 0.416 e. The first-order chi connectivity index (χ1) is 16.2. The number of alkyl halides is 3. The van der Waals surface area contributed by atoms with Crippen LogP contribution in [0.2, 0.25) is 0 Å². The van der Waals surface area contributed by atoms with Crippen LogP contribution in [0.4, 0.5) is 24.5 Å². The van der Waals surface area contributed by atoms with Gasteiger partial charge in [-0.25, -0.2) is 0 Å². The van der Waals surface area contributed by atoms with Crippen molar-refractivity contribution in [2.24, 2.45) is 5.92 Å². The van der Waals surface area contributed by atoms with Crippen LogP contribution in [-0.2, 0) is 15.8 Å². The van der Waals surface area contributed by atoms with Crippen molar-refractivity contribution in [2.75, 3.05) is 56.0 Å². The lowest BCUT2D eigenvalue weighted by molar-refractivity contribution is -0.137. The van der Waals surface area contributed by atoms with Gasteiger partial charge in [-0.05, 0) is 55.4 Å². The lowest BCUT2D eigenvalue weighted by Crippen LogP contribution is -2.51. The second kappa shape index (κ2) is 9.92. The highest BCUT2D eigenvalue weighted by molar-refractivity contribution is 5.93.